The summed E-state index contributed by atoms with van der Waals surface area (Å²) in [6.07, 6.45) is 6.65. The Morgan fingerprint density at radius 1 is 1.38 bits per heavy atom. The lowest BCUT2D eigenvalue weighted by atomic mass is 10.1. The largest absolute Gasteiger partial charge is 0.457 e. The van der Waals surface area contributed by atoms with E-state index in [0.717, 1.165) is 43.2 Å². The number of aromatic nitrogens is 1. The van der Waals surface area contributed by atoms with Crippen LogP contribution >= 0.6 is 0 Å². The monoisotopic (exact) mass is 286 g/mol. The Hall–Kier alpha value is -1.91. The first kappa shape index (κ1) is 15.5. The zero-order valence-corrected chi connectivity index (χ0v) is 12.6. The molecule has 0 bridgehead atoms. The molecule has 2 aromatic heterocycles. The van der Waals surface area contributed by atoms with Gasteiger partial charge in [-0.05, 0) is 36.8 Å². The van der Waals surface area contributed by atoms with Gasteiger partial charge in [0.2, 0.25) is 0 Å². The molecule has 0 radical (unpaired) electrons. The van der Waals surface area contributed by atoms with Gasteiger partial charge in [0.1, 0.15) is 11.5 Å². The van der Waals surface area contributed by atoms with Crippen LogP contribution in [-0.4, -0.2) is 31.8 Å². The van der Waals surface area contributed by atoms with Crippen LogP contribution in [0.15, 0.2) is 46.6 Å². The fourth-order valence-corrected chi connectivity index (χ4v) is 2.00. The highest BCUT2D eigenvalue weighted by Gasteiger charge is 2.04. The lowest BCUT2D eigenvalue weighted by molar-refractivity contribution is 0.200. The summed E-state index contributed by atoms with van der Waals surface area (Å²) in [7, 11) is 1.71. The lowest BCUT2D eigenvalue weighted by Crippen LogP contribution is -2.21. The summed E-state index contributed by atoms with van der Waals surface area (Å²) >= 11 is 0. The number of ether oxygens (including phenoxy) is 1. The number of hydrogen-bond acceptors (Lipinski definition) is 4. The summed E-state index contributed by atoms with van der Waals surface area (Å²) in [4.78, 5) is 4.11. The van der Waals surface area contributed by atoms with Crippen molar-refractivity contribution in [3.05, 3.63) is 48.0 Å². The van der Waals surface area contributed by atoms with Crippen molar-refractivity contribution in [2.24, 2.45) is 0 Å². The van der Waals surface area contributed by atoms with Crippen LogP contribution in [0.4, 0.5) is 0 Å². The highest BCUT2D eigenvalue weighted by molar-refractivity contribution is 5.59. The summed E-state index contributed by atoms with van der Waals surface area (Å²) < 4.78 is 10.9. The zero-order valence-electron chi connectivity index (χ0n) is 12.6. The molecular formula is C17H22N2O2. The van der Waals surface area contributed by atoms with Crippen molar-refractivity contribution in [1.82, 2.24) is 10.3 Å². The van der Waals surface area contributed by atoms with Gasteiger partial charge in [0.25, 0.3) is 0 Å². The summed E-state index contributed by atoms with van der Waals surface area (Å²) in [6, 6.07) is 7.87. The molecule has 112 valence electrons. The average molecular weight is 286 g/mol. The Labute approximate surface area is 125 Å². The molecule has 0 amide bonds. The molecule has 0 spiro atoms. The Bertz CT molecular complexity index is 561. The van der Waals surface area contributed by atoms with E-state index in [4.69, 9.17) is 9.15 Å². The maximum absolute atomic E-state index is 5.86. The van der Waals surface area contributed by atoms with E-state index in [2.05, 4.69) is 23.3 Å². The summed E-state index contributed by atoms with van der Waals surface area (Å²) in [5, 5.41) is 3.35. The maximum atomic E-state index is 5.86. The third-order valence-corrected chi connectivity index (χ3v) is 3.21. The number of nitrogens with zero attached hydrogens (tertiary/aromatic N) is 1. The fourth-order valence-electron chi connectivity index (χ4n) is 2.00. The van der Waals surface area contributed by atoms with Gasteiger partial charge < -0.3 is 14.5 Å². The van der Waals surface area contributed by atoms with E-state index in [1.165, 1.54) is 5.57 Å². The minimum atomic E-state index is 0.725. The summed E-state index contributed by atoms with van der Waals surface area (Å²) in [6.45, 7) is 4.58. The molecular weight excluding hydrogens is 264 g/mol. The van der Waals surface area contributed by atoms with Crippen LogP contribution in [0.5, 0.6) is 0 Å². The van der Waals surface area contributed by atoms with Crippen molar-refractivity contribution < 1.29 is 9.15 Å². The molecule has 2 heterocycles. The highest BCUT2D eigenvalue weighted by Crippen LogP contribution is 2.22. The second-order valence-electron chi connectivity index (χ2n) is 4.77. The number of furan rings is 1. The normalized spacial score (nSPS) is 11.8. The fraction of sp³-hybridized carbons (Fsp3) is 0.353. The van der Waals surface area contributed by atoms with E-state index in [0.29, 0.717) is 0 Å². The first-order chi connectivity index (χ1) is 10.3. The number of methoxy groups -OCH3 is 1. The van der Waals surface area contributed by atoms with Gasteiger partial charge in [-0.1, -0.05) is 12.5 Å². The number of hydrogen-bond donors (Lipinski definition) is 1. The summed E-state index contributed by atoms with van der Waals surface area (Å²) in [5.41, 5.74) is 2.30. The highest BCUT2D eigenvalue weighted by atomic mass is 16.5. The summed E-state index contributed by atoms with van der Waals surface area (Å²) in [5.74, 6) is 1.72. The van der Waals surface area contributed by atoms with Crippen molar-refractivity contribution >= 4 is 6.08 Å². The van der Waals surface area contributed by atoms with Crippen LogP contribution in [0, 0.1) is 0 Å². The van der Waals surface area contributed by atoms with Crippen molar-refractivity contribution in [3.8, 4) is 11.3 Å². The molecule has 0 aliphatic rings. The molecule has 0 saturated heterocycles. The molecule has 21 heavy (non-hydrogen) atoms. The maximum Gasteiger partial charge on any atom is 0.136 e. The topological polar surface area (TPSA) is 47.3 Å². The molecule has 4 heteroatoms. The third-order valence-electron chi connectivity index (χ3n) is 3.21. The van der Waals surface area contributed by atoms with E-state index >= 15 is 0 Å². The van der Waals surface area contributed by atoms with Gasteiger partial charge in [0.05, 0.1) is 6.61 Å². The van der Waals surface area contributed by atoms with Crippen LogP contribution in [0.2, 0.25) is 0 Å². The van der Waals surface area contributed by atoms with Gasteiger partial charge in [-0.25, -0.2) is 0 Å². The Morgan fingerprint density at radius 2 is 2.29 bits per heavy atom. The predicted octanol–water partition coefficient (Wildman–Crippen LogP) is 3.37. The van der Waals surface area contributed by atoms with Gasteiger partial charge in [-0.3, -0.25) is 4.98 Å². The van der Waals surface area contributed by atoms with Gasteiger partial charge in [-0.2, -0.15) is 0 Å². The number of pyridine rings is 1. The molecule has 0 atom stereocenters. The SMILES string of the molecule is CCC(=Cc1ccc(-c2cccnc2)o1)CNCCOC. The second kappa shape index (κ2) is 8.39. The van der Waals surface area contributed by atoms with Crippen LogP contribution in [0.3, 0.4) is 0 Å². The van der Waals surface area contributed by atoms with Gasteiger partial charge >= 0.3 is 0 Å². The second-order valence-corrected chi connectivity index (χ2v) is 4.77. The van der Waals surface area contributed by atoms with Crippen molar-refractivity contribution in [2.75, 3.05) is 26.8 Å². The lowest BCUT2D eigenvalue weighted by Gasteiger charge is -2.06. The van der Waals surface area contributed by atoms with Crippen LogP contribution in [0.1, 0.15) is 19.1 Å². The first-order valence-corrected chi connectivity index (χ1v) is 7.22. The molecule has 0 aliphatic heterocycles. The first-order valence-electron chi connectivity index (χ1n) is 7.22. The number of nitrogens with one attached hydrogen (secondary N) is 1. The van der Waals surface area contributed by atoms with E-state index < -0.39 is 0 Å². The Kier molecular flexibility index (Phi) is 6.19. The van der Waals surface area contributed by atoms with E-state index in [-0.39, 0.29) is 0 Å². The molecule has 0 saturated carbocycles. The molecule has 4 nitrogen and oxygen atoms in total. The standard InChI is InChI=1S/C17H22N2O2/c1-3-14(12-19-9-10-20-2)11-16-6-7-17(21-16)15-5-4-8-18-13-15/h4-8,11,13,19H,3,9-10,12H2,1-2H3. The van der Waals surface area contributed by atoms with Crippen molar-refractivity contribution in [1.29, 1.82) is 0 Å². The van der Waals surface area contributed by atoms with Gasteiger partial charge in [0.15, 0.2) is 0 Å². The molecule has 2 aromatic rings. The molecule has 0 fully saturated rings. The zero-order chi connectivity index (χ0) is 14.9. The quantitative estimate of drug-likeness (QED) is 0.756. The average Bonchev–Trinajstić information content (AvgIpc) is 3.00. The van der Waals surface area contributed by atoms with Crippen LogP contribution in [-0.2, 0) is 4.74 Å². The van der Waals surface area contributed by atoms with Crippen molar-refractivity contribution in [3.63, 3.8) is 0 Å². The molecule has 2 rings (SSSR count). The van der Waals surface area contributed by atoms with Crippen molar-refractivity contribution in [2.45, 2.75) is 13.3 Å². The molecule has 0 unspecified atom stereocenters. The molecule has 1 N–H and O–H groups in total. The minimum Gasteiger partial charge on any atom is -0.457 e. The smallest absolute Gasteiger partial charge is 0.136 e. The van der Waals surface area contributed by atoms with E-state index in [1.54, 1.807) is 19.5 Å². The Morgan fingerprint density at radius 3 is 3.00 bits per heavy atom. The molecule has 0 aromatic carbocycles. The molecule has 0 aliphatic carbocycles. The predicted molar refractivity (Wildman–Crippen MR) is 85.0 cm³/mol. The third kappa shape index (κ3) is 4.85. The minimum absolute atomic E-state index is 0.725. The number of rotatable bonds is 8. The van der Waals surface area contributed by atoms with Gasteiger partial charge in [0, 0.05) is 38.2 Å². The van der Waals surface area contributed by atoms with Gasteiger partial charge in [-0.15, -0.1) is 0 Å². The van der Waals surface area contributed by atoms with Crippen LogP contribution < -0.4 is 5.32 Å². The van der Waals surface area contributed by atoms with E-state index in [1.807, 2.05) is 24.3 Å². The Balaban J connectivity index is 2.00. The van der Waals surface area contributed by atoms with E-state index in [9.17, 15) is 0 Å². The van der Waals surface area contributed by atoms with Crippen LogP contribution in [0.25, 0.3) is 17.4 Å².